The topological polar surface area (TPSA) is 143 Å². The molecule has 1 aromatic rings. The van der Waals surface area contributed by atoms with Crippen molar-refractivity contribution in [3.8, 4) is 0 Å². The van der Waals surface area contributed by atoms with Crippen molar-refractivity contribution in [2.24, 2.45) is 11.1 Å². The van der Waals surface area contributed by atoms with Crippen LogP contribution in [0.1, 0.15) is 39.4 Å². The van der Waals surface area contributed by atoms with E-state index in [9.17, 15) is 19.7 Å². The van der Waals surface area contributed by atoms with Gasteiger partial charge in [0.25, 0.3) is 11.6 Å². The summed E-state index contributed by atoms with van der Waals surface area (Å²) in [5.41, 5.74) is 3.93. The molecule has 0 saturated heterocycles. The van der Waals surface area contributed by atoms with Crippen molar-refractivity contribution in [1.29, 1.82) is 0 Å². The van der Waals surface area contributed by atoms with E-state index in [-0.39, 0.29) is 23.3 Å². The molecule has 1 aromatic carbocycles. The number of nitro benzene ring substituents is 1. The van der Waals surface area contributed by atoms with Crippen LogP contribution < -0.4 is 11.1 Å². The van der Waals surface area contributed by atoms with Crippen LogP contribution in [-0.2, 0) is 23.8 Å². The van der Waals surface area contributed by atoms with Gasteiger partial charge in [-0.1, -0.05) is 32.6 Å². The monoisotopic (exact) mass is 451 g/mol. The van der Waals surface area contributed by atoms with E-state index in [1.165, 1.54) is 24.3 Å². The largest absolute Gasteiger partial charge is 0.444 e. The Balaban J connectivity index is 2.89. The number of para-hydroxylation sites is 1. The second kappa shape index (κ2) is 12.3. The summed E-state index contributed by atoms with van der Waals surface area (Å²) in [5, 5.41) is 14.1. The number of nitrogens with zero attached hydrogens (tertiary/aromatic N) is 1. The summed E-state index contributed by atoms with van der Waals surface area (Å²) in [7, 11) is 0. The smallest absolute Gasteiger partial charge is 0.331 e. The minimum Gasteiger partial charge on any atom is -0.444 e. The van der Waals surface area contributed by atoms with Gasteiger partial charge in [0, 0.05) is 24.1 Å². The lowest BCUT2D eigenvalue weighted by atomic mass is 9.96. The summed E-state index contributed by atoms with van der Waals surface area (Å²) < 4.78 is 16.4. The van der Waals surface area contributed by atoms with E-state index >= 15 is 0 Å². The van der Waals surface area contributed by atoms with E-state index in [0.29, 0.717) is 26.4 Å². The van der Waals surface area contributed by atoms with Gasteiger partial charge in [-0.3, -0.25) is 14.9 Å². The van der Waals surface area contributed by atoms with E-state index in [0.717, 1.165) is 6.08 Å². The highest BCUT2D eigenvalue weighted by Crippen LogP contribution is 2.28. The summed E-state index contributed by atoms with van der Waals surface area (Å²) in [5.74, 6) is -1.59. The van der Waals surface area contributed by atoms with Crippen LogP contribution in [0.4, 0.5) is 5.69 Å². The Morgan fingerprint density at radius 3 is 2.41 bits per heavy atom. The molecular formula is C22H33N3O7. The third-order valence-electron chi connectivity index (χ3n) is 4.23. The molecule has 3 N–H and O–H groups in total. The van der Waals surface area contributed by atoms with Crippen molar-refractivity contribution in [2.75, 3.05) is 33.0 Å². The SMILES string of the molecule is C=CC(=O)OC(C(=O)NC(C)(C)COCC(C)(C)COCCN)c1ccccc1[N+](=O)[O-]. The Morgan fingerprint density at radius 2 is 1.81 bits per heavy atom. The lowest BCUT2D eigenvalue weighted by molar-refractivity contribution is -0.386. The maximum absolute atomic E-state index is 13.0. The zero-order valence-corrected chi connectivity index (χ0v) is 19.1. The van der Waals surface area contributed by atoms with Gasteiger partial charge < -0.3 is 25.3 Å². The van der Waals surface area contributed by atoms with Crippen molar-refractivity contribution >= 4 is 17.6 Å². The number of amides is 1. The van der Waals surface area contributed by atoms with Gasteiger partial charge in [-0.25, -0.2) is 4.79 Å². The van der Waals surface area contributed by atoms with Gasteiger partial charge in [0.1, 0.15) is 0 Å². The standard InChI is InChI=1S/C22H33N3O7/c1-6-18(26)32-19(16-9-7-8-10-17(16)25(28)29)20(27)24-22(4,5)15-31-14-21(2,3)13-30-12-11-23/h6-10,19H,1,11-15,23H2,2-5H3,(H,24,27). The first-order valence-corrected chi connectivity index (χ1v) is 10.2. The Morgan fingerprint density at radius 1 is 1.19 bits per heavy atom. The Kier molecular flexibility index (Phi) is 10.4. The zero-order chi connectivity index (χ0) is 24.4. The van der Waals surface area contributed by atoms with Crippen LogP contribution in [0.25, 0.3) is 0 Å². The van der Waals surface area contributed by atoms with E-state index in [1.807, 2.05) is 13.8 Å². The third kappa shape index (κ3) is 9.13. The summed E-state index contributed by atoms with van der Waals surface area (Å²) in [6.45, 7) is 12.6. The number of hydrogen-bond donors (Lipinski definition) is 2. The van der Waals surface area contributed by atoms with E-state index < -0.39 is 28.4 Å². The van der Waals surface area contributed by atoms with Crippen LogP contribution in [0.2, 0.25) is 0 Å². The van der Waals surface area contributed by atoms with Crippen molar-refractivity contribution in [2.45, 2.75) is 39.3 Å². The van der Waals surface area contributed by atoms with Crippen LogP contribution in [0, 0.1) is 15.5 Å². The van der Waals surface area contributed by atoms with Crippen LogP contribution in [0.5, 0.6) is 0 Å². The van der Waals surface area contributed by atoms with E-state index in [1.54, 1.807) is 13.8 Å². The number of hydrogen-bond acceptors (Lipinski definition) is 8. The average Bonchev–Trinajstić information content (AvgIpc) is 2.71. The molecule has 0 aromatic heterocycles. The van der Waals surface area contributed by atoms with Gasteiger partial charge in [-0.05, 0) is 19.9 Å². The summed E-state index contributed by atoms with van der Waals surface area (Å²) in [6, 6.07) is 5.59. The molecule has 0 fully saturated rings. The van der Waals surface area contributed by atoms with Gasteiger partial charge in [-0.2, -0.15) is 0 Å². The highest BCUT2D eigenvalue weighted by atomic mass is 16.6. The number of nitro groups is 1. The van der Waals surface area contributed by atoms with Gasteiger partial charge in [0.2, 0.25) is 6.10 Å². The van der Waals surface area contributed by atoms with Gasteiger partial charge in [-0.15, -0.1) is 0 Å². The van der Waals surface area contributed by atoms with Crippen LogP contribution in [0.15, 0.2) is 36.9 Å². The molecule has 0 heterocycles. The van der Waals surface area contributed by atoms with Crippen molar-refractivity contribution in [3.05, 3.63) is 52.6 Å². The molecule has 0 radical (unpaired) electrons. The first-order valence-electron chi connectivity index (χ1n) is 10.2. The predicted molar refractivity (Wildman–Crippen MR) is 119 cm³/mol. The third-order valence-corrected chi connectivity index (χ3v) is 4.23. The predicted octanol–water partition coefficient (Wildman–Crippen LogP) is 2.28. The number of ether oxygens (including phenoxy) is 3. The number of carbonyl (C=O) groups excluding carboxylic acids is 2. The summed E-state index contributed by atoms with van der Waals surface area (Å²) in [6.07, 6.45) is -0.638. The molecule has 32 heavy (non-hydrogen) atoms. The van der Waals surface area contributed by atoms with Crippen molar-refractivity contribution in [3.63, 3.8) is 0 Å². The van der Waals surface area contributed by atoms with Crippen LogP contribution >= 0.6 is 0 Å². The molecule has 10 nitrogen and oxygen atoms in total. The summed E-state index contributed by atoms with van der Waals surface area (Å²) >= 11 is 0. The normalized spacial score (nSPS) is 12.7. The van der Waals surface area contributed by atoms with Crippen molar-refractivity contribution in [1.82, 2.24) is 5.32 Å². The van der Waals surface area contributed by atoms with Gasteiger partial charge >= 0.3 is 5.97 Å². The average molecular weight is 452 g/mol. The molecule has 0 bridgehead atoms. The molecule has 1 unspecified atom stereocenters. The second-order valence-electron chi connectivity index (χ2n) is 8.71. The molecule has 0 aliphatic rings. The zero-order valence-electron chi connectivity index (χ0n) is 19.1. The fourth-order valence-electron chi connectivity index (χ4n) is 2.79. The molecule has 1 amide bonds. The first kappa shape index (κ1) is 27.2. The fraction of sp³-hybridized carbons (Fsp3) is 0.545. The van der Waals surface area contributed by atoms with Crippen LogP contribution in [-0.4, -0.2) is 55.3 Å². The van der Waals surface area contributed by atoms with Crippen molar-refractivity contribution < 1.29 is 28.7 Å². The number of carbonyl (C=O) groups is 2. The Labute approximate surface area is 188 Å². The quantitative estimate of drug-likeness (QED) is 0.144. The summed E-state index contributed by atoms with van der Waals surface area (Å²) in [4.78, 5) is 35.5. The number of nitrogens with two attached hydrogens (primary N) is 1. The lowest BCUT2D eigenvalue weighted by Gasteiger charge is -2.31. The number of nitrogens with one attached hydrogen (secondary N) is 1. The number of esters is 1. The lowest BCUT2D eigenvalue weighted by Crippen LogP contribution is -2.49. The van der Waals surface area contributed by atoms with E-state index in [2.05, 4.69) is 11.9 Å². The highest BCUT2D eigenvalue weighted by Gasteiger charge is 2.34. The molecule has 0 saturated carbocycles. The molecule has 0 aliphatic carbocycles. The van der Waals surface area contributed by atoms with Gasteiger partial charge in [0.05, 0.1) is 42.5 Å². The van der Waals surface area contributed by atoms with Crippen LogP contribution in [0.3, 0.4) is 0 Å². The molecular weight excluding hydrogens is 418 g/mol. The molecule has 1 atom stereocenters. The molecule has 0 aliphatic heterocycles. The minimum absolute atomic E-state index is 0.0416. The maximum Gasteiger partial charge on any atom is 0.331 e. The fourth-order valence-corrected chi connectivity index (χ4v) is 2.79. The highest BCUT2D eigenvalue weighted by molar-refractivity contribution is 5.89. The minimum atomic E-state index is -1.53. The number of rotatable bonds is 14. The first-order chi connectivity index (χ1) is 14.9. The Hall–Kier alpha value is -2.82. The molecule has 0 spiro atoms. The maximum atomic E-state index is 13.0. The van der Waals surface area contributed by atoms with Gasteiger partial charge in [0.15, 0.2) is 0 Å². The molecule has 1 rings (SSSR count). The second-order valence-corrected chi connectivity index (χ2v) is 8.71. The molecule has 178 valence electrons. The van der Waals surface area contributed by atoms with E-state index in [4.69, 9.17) is 19.9 Å². The number of benzene rings is 1. The Bertz CT molecular complexity index is 808. The molecule has 10 heteroatoms.